The molecule has 11 heavy (non-hydrogen) atoms. The van der Waals surface area contributed by atoms with Gasteiger partial charge in [-0.15, -0.1) is 0 Å². The number of hydrogen-bond acceptors (Lipinski definition) is 2. The van der Waals surface area contributed by atoms with Crippen LogP contribution in [0.25, 0.3) is 0 Å². The van der Waals surface area contributed by atoms with Crippen LogP contribution in [0.4, 0.5) is 0 Å². The van der Waals surface area contributed by atoms with Crippen LogP contribution < -0.4 is 0 Å². The minimum absolute atomic E-state index is 0.145. The highest BCUT2D eigenvalue weighted by molar-refractivity contribution is 7.81. The fourth-order valence-electron chi connectivity index (χ4n) is 1.02. The first-order valence-electron chi connectivity index (χ1n) is 3.99. The Balaban J connectivity index is 3.88. The second kappa shape index (κ2) is 5.72. The van der Waals surface area contributed by atoms with Gasteiger partial charge in [-0.3, -0.25) is 0 Å². The smallest absolute Gasteiger partial charge is 0.00583 e. The van der Waals surface area contributed by atoms with Crippen molar-refractivity contribution < 1.29 is 0 Å². The summed E-state index contributed by atoms with van der Waals surface area (Å²) in [4.78, 5) is 0. The van der Waals surface area contributed by atoms with E-state index in [1.54, 1.807) is 0 Å². The lowest BCUT2D eigenvalue weighted by Crippen LogP contribution is -2.16. The molecule has 0 heterocycles. The van der Waals surface area contributed by atoms with Crippen molar-refractivity contribution in [2.45, 2.75) is 25.9 Å². The molecule has 0 amide bonds. The van der Waals surface area contributed by atoms with Crippen LogP contribution in [0.15, 0.2) is 0 Å². The first-order valence-corrected chi connectivity index (χ1v) is 6.97. The zero-order valence-electron chi connectivity index (χ0n) is 7.67. The highest BCUT2D eigenvalue weighted by Gasteiger charge is 2.21. The van der Waals surface area contributed by atoms with Gasteiger partial charge in [0.05, 0.1) is 0 Å². The Bertz CT molecular complexity index is 92.8. The standard InChI is InChI=1S/C8H19PS2/c1-8(2,3)9(4-6-10)5-7-11/h10-11H,4-7H2,1-3H3. The van der Waals surface area contributed by atoms with Crippen molar-refractivity contribution in [3.05, 3.63) is 0 Å². The van der Waals surface area contributed by atoms with Gasteiger partial charge in [0.1, 0.15) is 0 Å². The molecule has 0 aliphatic carbocycles. The van der Waals surface area contributed by atoms with E-state index in [0.29, 0.717) is 5.16 Å². The van der Waals surface area contributed by atoms with E-state index in [4.69, 9.17) is 0 Å². The van der Waals surface area contributed by atoms with Gasteiger partial charge >= 0.3 is 0 Å². The third-order valence-corrected chi connectivity index (χ3v) is 6.27. The number of thiol groups is 2. The normalized spacial score (nSPS) is 12.5. The quantitative estimate of drug-likeness (QED) is 0.517. The van der Waals surface area contributed by atoms with Crippen molar-refractivity contribution in [1.82, 2.24) is 0 Å². The van der Waals surface area contributed by atoms with Crippen molar-refractivity contribution in [3.8, 4) is 0 Å². The highest BCUT2D eigenvalue weighted by atomic mass is 32.1. The van der Waals surface area contributed by atoms with Gasteiger partial charge in [-0.1, -0.05) is 28.7 Å². The summed E-state index contributed by atoms with van der Waals surface area (Å²) >= 11 is 8.55. The fourth-order valence-corrected chi connectivity index (χ4v) is 4.52. The largest absolute Gasteiger partial charge is 0.179 e. The van der Waals surface area contributed by atoms with Gasteiger partial charge in [-0.2, -0.15) is 25.3 Å². The van der Waals surface area contributed by atoms with E-state index in [1.165, 1.54) is 12.3 Å². The Morgan fingerprint density at radius 2 is 1.36 bits per heavy atom. The van der Waals surface area contributed by atoms with Crippen LogP contribution in [0.2, 0.25) is 0 Å². The second-order valence-corrected chi connectivity index (χ2v) is 7.82. The second-order valence-electron chi connectivity index (χ2n) is 3.61. The zero-order chi connectivity index (χ0) is 8.91. The third kappa shape index (κ3) is 5.38. The average molecular weight is 210 g/mol. The lowest BCUT2D eigenvalue weighted by atomic mass is 10.3. The Morgan fingerprint density at radius 3 is 1.55 bits per heavy atom. The average Bonchev–Trinajstić information content (AvgIpc) is 1.85. The molecule has 0 rings (SSSR count). The van der Waals surface area contributed by atoms with E-state index in [-0.39, 0.29) is 7.92 Å². The molecule has 0 saturated carbocycles. The van der Waals surface area contributed by atoms with Crippen LogP contribution in [0.1, 0.15) is 20.8 Å². The molecular formula is C8H19PS2. The molecule has 0 aromatic carbocycles. The molecule has 0 fully saturated rings. The SMILES string of the molecule is CC(C)(C)P(CCS)CCS. The van der Waals surface area contributed by atoms with Gasteiger partial charge in [0.15, 0.2) is 0 Å². The minimum Gasteiger partial charge on any atom is -0.179 e. The van der Waals surface area contributed by atoms with E-state index < -0.39 is 0 Å². The minimum atomic E-state index is 0.145. The summed E-state index contributed by atoms with van der Waals surface area (Å²) in [5.74, 6) is 2.05. The van der Waals surface area contributed by atoms with Gasteiger partial charge in [0, 0.05) is 0 Å². The Labute approximate surface area is 83.1 Å². The summed E-state index contributed by atoms with van der Waals surface area (Å²) in [5.41, 5.74) is 0. The lowest BCUT2D eigenvalue weighted by molar-refractivity contribution is 0.781. The van der Waals surface area contributed by atoms with Crippen LogP contribution in [-0.2, 0) is 0 Å². The Morgan fingerprint density at radius 1 is 1.00 bits per heavy atom. The van der Waals surface area contributed by atoms with Crippen molar-refractivity contribution in [2.75, 3.05) is 23.8 Å². The molecule has 68 valence electrons. The maximum Gasteiger partial charge on any atom is -0.00583 e. The summed E-state index contributed by atoms with van der Waals surface area (Å²) in [5, 5.41) is 0.487. The summed E-state index contributed by atoms with van der Waals surface area (Å²) < 4.78 is 0. The molecule has 0 aromatic heterocycles. The van der Waals surface area contributed by atoms with Crippen molar-refractivity contribution in [1.29, 1.82) is 0 Å². The summed E-state index contributed by atoms with van der Waals surface area (Å²) in [7, 11) is 0.145. The molecule has 0 aliphatic rings. The van der Waals surface area contributed by atoms with E-state index in [9.17, 15) is 0 Å². The highest BCUT2D eigenvalue weighted by Crippen LogP contribution is 2.48. The van der Waals surface area contributed by atoms with Gasteiger partial charge in [0.2, 0.25) is 0 Å². The molecule has 0 bridgehead atoms. The molecule has 0 N–H and O–H groups in total. The van der Waals surface area contributed by atoms with Gasteiger partial charge < -0.3 is 0 Å². The number of rotatable bonds is 4. The van der Waals surface area contributed by atoms with Crippen LogP contribution in [0, 0.1) is 0 Å². The fraction of sp³-hybridized carbons (Fsp3) is 1.00. The Hall–Kier alpha value is 1.13. The van der Waals surface area contributed by atoms with Gasteiger partial charge in [-0.25, -0.2) is 0 Å². The summed E-state index contributed by atoms with van der Waals surface area (Å²) in [6.45, 7) is 6.97. The van der Waals surface area contributed by atoms with Crippen LogP contribution in [-0.4, -0.2) is 29.0 Å². The van der Waals surface area contributed by atoms with E-state index >= 15 is 0 Å². The topological polar surface area (TPSA) is 0 Å². The lowest BCUT2D eigenvalue weighted by Gasteiger charge is -2.30. The Kier molecular flexibility index (Phi) is 6.31. The molecule has 0 spiro atoms. The molecular weight excluding hydrogens is 191 g/mol. The third-order valence-electron chi connectivity index (χ3n) is 1.69. The molecule has 3 heteroatoms. The van der Waals surface area contributed by atoms with Gasteiger partial charge in [0.25, 0.3) is 0 Å². The van der Waals surface area contributed by atoms with Crippen LogP contribution >= 0.6 is 33.2 Å². The van der Waals surface area contributed by atoms with Crippen LogP contribution in [0.3, 0.4) is 0 Å². The van der Waals surface area contributed by atoms with Gasteiger partial charge in [-0.05, 0) is 29.0 Å². The maximum absolute atomic E-state index is 4.28. The van der Waals surface area contributed by atoms with E-state index in [1.807, 2.05) is 0 Å². The molecule has 0 atom stereocenters. The maximum atomic E-state index is 4.28. The van der Waals surface area contributed by atoms with E-state index in [0.717, 1.165) is 11.5 Å². The van der Waals surface area contributed by atoms with Crippen molar-refractivity contribution in [2.24, 2.45) is 0 Å². The molecule has 0 radical (unpaired) electrons. The molecule has 0 nitrogen and oxygen atoms in total. The van der Waals surface area contributed by atoms with Crippen molar-refractivity contribution >= 4 is 33.2 Å². The zero-order valence-corrected chi connectivity index (χ0v) is 10.4. The number of hydrogen-bond donors (Lipinski definition) is 2. The molecule has 0 aliphatic heterocycles. The predicted molar refractivity (Wildman–Crippen MR) is 64.1 cm³/mol. The van der Waals surface area contributed by atoms with E-state index in [2.05, 4.69) is 46.0 Å². The monoisotopic (exact) mass is 210 g/mol. The first-order chi connectivity index (χ1) is 5.02. The predicted octanol–water partition coefficient (Wildman–Crippen LogP) is 3.13. The summed E-state index contributed by atoms with van der Waals surface area (Å²) in [6.07, 6.45) is 2.56. The first kappa shape index (κ1) is 12.1. The molecule has 0 saturated heterocycles. The summed E-state index contributed by atoms with van der Waals surface area (Å²) in [6, 6.07) is 0. The van der Waals surface area contributed by atoms with Crippen LogP contribution in [0.5, 0.6) is 0 Å². The molecule has 0 unspecified atom stereocenters. The van der Waals surface area contributed by atoms with Crippen molar-refractivity contribution in [3.63, 3.8) is 0 Å². The molecule has 0 aromatic rings.